The number of nitrogens with one attached hydrogen (secondary N) is 1. The van der Waals surface area contributed by atoms with E-state index in [2.05, 4.69) is 5.32 Å². The maximum Gasteiger partial charge on any atom is 0.251 e. The molecule has 2 N–H and O–H groups in total. The number of methoxy groups -OCH3 is 1. The van der Waals surface area contributed by atoms with Crippen molar-refractivity contribution in [3.05, 3.63) is 29.3 Å². The lowest BCUT2D eigenvalue weighted by Crippen LogP contribution is -2.25. The summed E-state index contributed by atoms with van der Waals surface area (Å²) in [5, 5.41) is 11.3. The molecular weight excluding hydrogens is 206 g/mol. The minimum Gasteiger partial charge on any atom is -0.497 e. The fourth-order valence-corrected chi connectivity index (χ4v) is 1.39. The Morgan fingerprint density at radius 2 is 2.25 bits per heavy atom. The first-order chi connectivity index (χ1) is 7.69. The van der Waals surface area contributed by atoms with Crippen LogP contribution in [0.1, 0.15) is 22.3 Å². The van der Waals surface area contributed by atoms with Crippen molar-refractivity contribution in [3.63, 3.8) is 0 Å². The monoisotopic (exact) mass is 223 g/mol. The van der Waals surface area contributed by atoms with Gasteiger partial charge in [0.15, 0.2) is 0 Å². The molecule has 0 heterocycles. The molecule has 88 valence electrons. The van der Waals surface area contributed by atoms with Crippen LogP contribution >= 0.6 is 0 Å². The van der Waals surface area contributed by atoms with Gasteiger partial charge in [-0.2, -0.15) is 0 Å². The Balaban J connectivity index is 2.68. The van der Waals surface area contributed by atoms with Crippen LogP contribution in [0, 0.1) is 6.92 Å². The van der Waals surface area contributed by atoms with Crippen LogP contribution in [-0.2, 0) is 0 Å². The summed E-state index contributed by atoms with van der Waals surface area (Å²) in [6, 6.07) is 5.32. The summed E-state index contributed by atoms with van der Waals surface area (Å²) in [7, 11) is 1.59. The Morgan fingerprint density at radius 1 is 1.50 bits per heavy atom. The molecule has 0 aliphatic rings. The highest BCUT2D eigenvalue weighted by atomic mass is 16.5. The highest BCUT2D eigenvalue weighted by Gasteiger charge is 2.08. The zero-order valence-corrected chi connectivity index (χ0v) is 9.62. The molecule has 0 radical (unpaired) electrons. The summed E-state index contributed by atoms with van der Waals surface area (Å²) < 4.78 is 5.06. The van der Waals surface area contributed by atoms with Gasteiger partial charge in [0, 0.05) is 18.7 Å². The molecular formula is C12H17NO3. The SMILES string of the molecule is COc1ccc(C(=O)NCCCO)c(C)c1. The van der Waals surface area contributed by atoms with Crippen LogP contribution in [0.2, 0.25) is 0 Å². The molecule has 0 fully saturated rings. The summed E-state index contributed by atoms with van der Waals surface area (Å²) >= 11 is 0. The van der Waals surface area contributed by atoms with Crippen LogP contribution in [0.25, 0.3) is 0 Å². The van der Waals surface area contributed by atoms with E-state index in [0.717, 1.165) is 11.3 Å². The lowest BCUT2D eigenvalue weighted by Gasteiger charge is -2.08. The number of benzene rings is 1. The number of rotatable bonds is 5. The van der Waals surface area contributed by atoms with Crippen molar-refractivity contribution in [1.29, 1.82) is 0 Å². The van der Waals surface area contributed by atoms with E-state index in [4.69, 9.17) is 9.84 Å². The number of aliphatic hydroxyl groups excluding tert-OH is 1. The quantitative estimate of drug-likeness (QED) is 0.735. The molecule has 4 nitrogen and oxygen atoms in total. The predicted octanol–water partition coefficient (Wildman–Crippen LogP) is 1.12. The molecule has 0 aromatic heterocycles. The standard InChI is InChI=1S/C12H17NO3/c1-9-8-10(16-2)4-5-11(9)12(15)13-6-3-7-14/h4-5,8,14H,3,6-7H2,1-2H3,(H,13,15). The van der Waals surface area contributed by atoms with E-state index in [-0.39, 0.29) is 12.5 Å². The minimum absolute atomic E-state index is 0.0852. The van der Waals surface area contributed by atoms with E-state index in [1.165, 1.54) is 0 Å². The van der Waals surface area contributed by atoms with Gasteiger partial charge in [-0.05, 0) is 37.1 Å². The van der Waals surface area contributed by atoms with E-state index in [9.17, 15) is 4.79 Å². The van der Waals surface area contributed by atoms with Gasteiger partial charge in [-0.1, -0.05) is 0 Å². The van der Waals surface area contributed by atoms with E-state index in [0.29, 0.717) is 18.5 Å². The largest absolute Gasteiger partial charge is 0.497 e. The summed E-state index contributed by atoms with van der Waals surface area (Å²) in [6.07, 6.45) is 0.570. The molecule has 1 aromatic carbocycles. The van der Waals surface area contributed by atoms with Gasteiger partial charge in [0.25, 0.3) is 5.91 Å². The van der Waals surface area contributed by atoms with E-state index >= 15 is 0 Å². The number of hydrogen-bond acceptors (Lipinski definition) is 3. The highest BCUT2D eigenvalue weighted by Crippen LogP contribution is 2.16. The third-order valence-electron chi connectivity index (χ3n) is 2.30. The normalized spacial score (nSPS) is 9.94. The number of hydrogen-bond donors (Lipinski definition) is 2. The lowest BCUT2D eigenvalue weighted by atomic mass is 10.1. The van der Waals surface area contributed by atoms with Crippen molar-refractivity contribution >= 4 is 5.91 Å². The van der Waals surface area contributed by atoms with Crippen molar-refractivity contribution in [3.8, 4) is 5.75 Å². The van der Waals surface area contributed by atoms with Crippen LogP contribution in [0.15, 0.2) is 18.2 Å². The molecule has 1 amide bonds. The Hall–Kier alpha value is -1.55. The number of aryl methyl sites for hydroxylation is 1. The fraction of sp³-hybridized carbons (Fsp3) is 0.417. The predicted molar refractivity (Wildman–Crippen MR) is 61.8 cm³/mol. The first kappa shape index (κ1) is 12.5. The number of ether oxygens (including phenoxy) is 1. The second kappa shape index (κ2) is 6.12. The van der Waals surface area contributed by atoms with Gasteiger partial charge < -0.3 is 15.2 Å². The summed E-state index contributed by atoms with van der Waals surface area (Å²) in [4.78, 5) is 11.7. The second-order valence-electron chi connectivity index (χ2n) is 3.51. The first-order valence-corrected chi connectivity index (χ1v) is 5.22. The number of carbonyl (C=O) groups excluding carboxylic acids is 1. The average molecular weight is 223 g/mol. The molecule has 16 heavy (non-hydrogen) atoms. The molecule has 0 spiro atoms. The zero-order chi connectivity index (χ0) is 12.0. The smallest absolute Gasteiger partial charge is 0.251 e. The molecule has 4 heteroatoms. The maximum atomic E-state index is 11.7. The highest BCUT2D eigenvalue weighted by molar-refractivity contribution is 5.95. The van der Waals surface area contributed by atoms with Crippen molar-refractivity contribution < 1.29 is 14.6 Å². The third kappa shape index (κ3) is 3.24. The Kier molecular flexibility index (Phi) is 4.79. The summed E-state index contributed by atoms with van der Waals surface area (Å²) in [5.74, 6) is 0.623. The number of amides is 1. The fourth-order valence-electron chi connectivity index (χ4n) is 1.39. The van der Waals surface area contributed by atoms with Crippen molar-refractivity contribution in [2.24, 2.45) is 0 Å². The maximum absolute atomic E-state index is 11.7. The third-order valence-corrected chi connectivity index (χ3v) is 2.30. The topological polar surface area (TPSA) is 58.6 Å². The molecule has 0 bridgehead atoms. The lowest BCUT2D eigenvalue weighted by molar-refractivity contribution is 0.0950. The molecule has 0 atom stereocenters. The molecule has 0 aliphatic heterocycles. The first-order valence-electron chi connectivity index (χ1n) is 5.22. The molecule has 0 saturated heterocycles. The molecule has 0 saturated carbocycles. The summed E-state index contributed by atoms with van der Waals surface area (Å²) in [5.41, 5.74) is 1.51. The number of carbonyl (C=O) groups is 1. The van der Waals surface area contributed by atoms with Gasteiger partial charge in [0.05, 0.1) is 7.11 Å². The Labute approximate surface area is 95.2 Å². The van der Waals surface area contributed by atoms with Crippen LogP contribution in [0.4, 0.5) is 0 Å². The van der Waals surface area contributed by atoms with Crippen LogP contribution < -0.4 is 10.1 Å². The molecule has 1 rings (SSSR count). The Bertz CT molecular complexity index is 363. The van der Waals surface area contributed by atoms with Crippen molar-refractivity contribution in [2.45, 2.75) is 13.3 Å². The van der Waals surface area contributed by atoms with E-state index in [1.807, 2.05) is 13.0 Å². The van der Waals surface area contributed by atoms with Crippen LogP contribution in [0.5, 0.6) is 5.75 Å². The molecule has 0 aliphatic carbocycles. The zero-order valence-electron chi connectivity index (χ0n) is 9.62. The Morgan fingerprint density at radius 3 is 2.81 bits per heavy atom. The van der Waals surface area contributed by atoms with Crippen LogP contribution in [0.3, 0.4) is 0 Å². The minimum atomic E-state index is -0.117. The summed E-state index contributed by atoms with van der Waals surface area (Å²) in [6.45, 7) is 2.44. The van der Waals surface area contributed by atoms with Gasteiger partial charge in [-0.25, -0.2) is 0 Å². The van der Waals surface area contributed by atoms with Gasteiger partial charge >= 0.3 is 0 Å². The van der Waals surface area contributed by atoms with Crippen molar-refractivity contribution in [2.75, 3.05) is 20.3 Å². The number of aliphatic hydroxyl groups is 1. The van der Waals surface area contributed by atoms with Gasteiger partial charge in [0.2, 0.25) is 0 Å². The average Bonchev–Trinajstić information content (AvgIpc) is 2.29. The van der Waals surface area contributed by atoms with Gasteiger partial charge in [-0.3, -0.25) is 4.79 Å². The molecule has 1 aromatic rings. The van der Waals surface area contributed by atoms with Gasteiger partial charge in [0.1, 0.15) is 5.75 Å². The van der Waals surface area contributed by atoms with Crippen LogP contribution in [-0.4, -0.2) is 31.3 Å². The van der Waals surface area contributed by atoms with E-state index < -0.39 is 0 Å². The van der Waals surface area contributed by atoms with Gasteiger partial charge in [-0.15, -0.1) is 0 Å². The van der Waals surface area contributed by atoms with Crippen molar-refractivity contribution in [1.82, 2.24) is 5.32 Å². The second-order valence-corrected chi connectivity index (χ2v) is 3.51. The molecule has 0 unspecified atom stereocenters. The van der Waals surface area contributed by atoms with E-state index in [1.54, 1.807) is 19.2 Å².